The summed E-state index contributed by atoms with van der Waals surface area (Å²) in [6, 6.07) is 13.7. The number of likely N-dealkylation sites (N-methyl/N-ethyl adjacent to an activating group) is 1. The maximum absolute atomic E-state index is 13.0. The molecule has 6 heteroatoms. The largest absolute Gasteiger partial charge is 0.493 e. The van der Waals surface area contributed by atoms with Gasteiger partial charge in [0.1, 0.15) is 0 Å². The van der Waals surface area contributed by atoms with Crippen LogP contribution in [0.2, 0.25) is 0 Å². The van der Waals surface area contributed by atoms with Gasteiger partial charge < -0.3 is 19.3 Å². The minimum Gasteiger partial charge on any atom is -0.493 e. The molecule has 2 aromatic rings. The number of ether oxygens (including phenoxy) is 2. The van der Waals surface area contributed by atoms with Crippen molar-refractivity contribution in [3.8, 4) is 11.5 Å². The molecule has 0 bridgehead atoms. The van der Waals surface area contributed by atoms with Crippen molar-refractivity contribution in [3.63, 3.8) is 0 Å². The summed E-state index contributed by atoms with van der Waals surface area (Å²) in [6.07, 6.45) is 1.81. The Kier molecular flexibility index (Phi) is 6.98. The molecule has 1 fully saturated rings. The molecule has 1 heterocycles. The van der Waals surface area contributed by atoms with E-state index in [2.05, 4.69) is 6.92 Å². The van der Waals surface area contributed by atoms with E-state index in [-0.39, 0.29) is 24.2 Å². The minimum atomic E-state index is -0.308. The highest BCUT2D eigenvalue weighted by Crippen LogP contribution is 2.30. The summed E-state index contributed by atoms with van der Waals surface area (Å²) < 4.78 is 10.6. The first-order chi connectivity index (χ1) is 14.5. The number of rotatable bonds is 8. The smallest absolute Gasteiger partial charge is 0.227 e. The van der Waals surface area contributed by atoms with Crippen molar-refractivity contribution in [2.75, 3.05) is 39.3 Å². The maximum Gasteiger partial charge on any atom is 0.227 e. The average Bonchev–Trinajstić information content (AvgIpc) is 3.17. The summed E-state index contributed by atoms with van der Waals surface area (Å²) in [5.74, 6) is 1.08. The Bertz CT molecular complexity index is 912. The molecular weight excluding hydrogens is 380 g/mol. The molecule has 0 aliphatic carbocycles. The fourth-order valence-corrected chi connectivity index (χ4v) is 3.93. The molecule has 0 aromatic heterocycles. The molecule has 2 amide bonds. The third-order valence-electron chi connectivity index (χ3n) is 5.70. The summed E-state index contributed by atoms with van der Waals surface area (Å²) in [7, 11) is 5.02. The van der Waals surface area contributed by atoms with Crippen molar-refractivity contribution in [1.82, 2.24) is 4.90 Å². The van der Waals surface area contributed by atoms with E-state index < -0.39 is 0 Å². The van der Waals surface area contributed by atoms with Gasteiger partial charge in [-0.05, 0) is 42.2 Å². The van der Waals surface area contributed by atoms with Crippen molar-refractivity contribution < 1.29 is 19.1 Å². The molecule has 0 spiro atoms. The molecular formula is C24H30N2O4. The highest BCUT2D eigenvalue weighted by Gasteiger charge is 2.36. The Morgan fingerprint density at radius 1 is 1.13 bits per heavy atom. The van der Waals surface area contributed by atoms with Gasteiger partial charge in [0.25, 0.3) is 0 Å². The Hall–Kier alpha value is -3.02. The Morgan fingerprint density at radius 2 is 1.87 bits per heavy atom. The van der Waals surface area contributed by atoms with Crippen LogP contribution in [-0.2, 0) is 22.4 Å². The topological polar surface area (TPSA) is 59.1 Å². The quantitative estimate of drug-likeness (QED) is 0.670. The van der Waals surface area contributed by atoms with Crippen molar-refractivity contribution in [1.29, 1.82) is 0 Å². The van der Waals surface area contributed by atoms with Gasteiger partial charge in [0.15, 0.2) is 11.5 Å². The summed E-state index contributed by atoms with van der Waals surface area (Å²) in [5.41, 5.74) is 3.11. The molecule has 160 valence electrons. The Labute approximate surface area is 178 Å². The number of nitrogens with zero attached hydrogens (tertiary/aromatic N) is 2. The molecule has 1 aliphatic rings. The Balaban J connectivity index is 1.62. The fraction of sp³-hybridized carbons (Fsp3) is 0.417. The number of hydrogen-bond donors (Lipinski definition) is 0. The van der Waals surface area contributed by atoms with E-state index in [1.165, 1.54) is 0 Å². The van der Waals surface area contributed by atoms with Crippen molar-refractivity contribution in [2.24, 2.45) is 5.92 Å². The van der Waals surface area contributed by atoms with Crippen molar-refractivity contribution in [3.05, 3.63) is 53.6 Å². The normalized spacial score (nSPS) is 15.9. The van der Waals surface area contributed by atoms with Crippen LogP contribution in [0.4, 0.5) is 5.69 Å². The molecule has 30 heavy (non-hydrogen) atoms. The van der Waals surface area contributed by atoms with Crippen LogP contribution in [0.25, 0.3) is 0 Å². The molecule has 2 aromatic carbocycles. The number of amides is 2. The van der Waals surface area contributed by atoms with Crippen LogP contribution in [0.15, 0.2) is 42.5 Å². The van der Waals surface area contributed by atoms with Crippen LogP contribution in [0.5, 0.6) is 11.5 Å². The molecule has 3 rings (SSSR count). The highest BCUT2D eigenvalue weighted by molar-refractivity contribution is 6.00. The second-order valence-electron chi connectivity index (χ2n) is 7.59. The van der Waals surface area contributed by atoms with E-state index in [0.29, 0.717) is 31.0 Å². The number of anilines is 1. The number of carbonyl (C=O) groups is 2. The molecule has 1 atom stereocenters. The van der Waals surface area contributed by atoms with Crippen LogP contribution in [0, 0.1) is 5.92 Å². The lowest BCUT2D eigenvalue weighted by molar-refractivity contribution is -0.134. The van der Waals surface area contributed by atoms with Crippen molar-refractivity contribution >= 4 is 17.5 Å². The minimum absolute atomic E-state index is 0.0142. The highest BCUT2D eigenvalue weighted by atomic mass is 16.5. The zero-order chi connectivity index (χ0) is 21.7. The third kappa shape index (κ3) is 4.58. The number of carbonyl (C=O) groups excluding carboxylic acids is 2. The Morgan fingerprint density at radius 3 is 2.57 bits per heavy atom. The monoisotopic (exact) mass is 410 g/mol. The van der Waals surface area contributed by atoms with Gasteiger partial charge in [-0.15, -0.1) is 0 Å². The van der Waals surface area contributed by atoms with E-state index in [0.717, 1.165) is 23.2 Å². The number of methoxy groups -OCH3 is 2. The van der Waals surface area contributed by atoms with Gasteiger partial charge in [-0.1, -0.05) is 31.2 Å². The lowest BCUT2D eigenvalue weighted by Gasteiger charge is -2.22. The first-order valence-electron chi connectivity index (χ1n) is 10.3. The van der Waals surface area contributed by atoms with Crippen LogP contribution >= 0.6 is 0 Å². The van der Waals surface area contributed by atoms with Gasteiger partial charge in [0, 0.05) is 32.2 Å². The van der Waals surface area contributed by atoms with Crippen molar-refractivity contribution in [2.45, 2.75) is 26.2 Å². The number of hydrogen-bond acceptors (Lipinski definition) is 4. The molecule has 6 nitrogen and oxygen atoms in total. The first kappa shape index (κ1) is 21.7. The zero-order valence-electron chi connectivity index (χ0n) is 18.2. The molecule has 0 N–H and O–H groups in total. The average molecular weight is 411 g/mol. The zero-order valence-corrected chi connectivity index (χ0v) is 18.2. The summed E-state index contributed by atoms with van der Waals surface area (Å²) >= 11 is 0. The standard InChI is InChI=1S/C24H30N2O4/c1-5-18-8-6-7-9-20(18)26-16-19(15-23(26)27)24(28)25(2)13-12-17-10-11-21(29-3)22(14-17)30-4/h6-11,14,19H,5,12-13,15-16H2,1-4H3. The van der Waals surface area contributed by atoms with Crippen LogP contribution in [0.3, 0.4) is 0 Å². The fourth-order valence-electron chi connectivity index (χ4n) is 3.93. The molecule has 0 radical (unpaired) electrons. The van der Waals surface area contributed by atoms with Gasteiger partial charge in [0.05, 0.1) is 20.1 Å². The van der Waals surface area contributed by atoms with Gasteiger partial charge in [-0.3, -0.25) is 9.59 Å². The van der Waals surface area contributed by atoms with Gasteiger partial charge in [-0.2, -0.15) is 0 Å². The molecule has 0 saturated carbocycles. The lowest BCUT2D eigenvalue weighted by Crippen LogP contribution is -2.36. The lowest BCUT2D eigenvalue weighted by atomic mass is 10.1. The first-order valence-corrected chi connectivity index (χ1v) is 10.3. The van der Waals surface area contributed by atoms with Gasteiger partial charge in [0.2, 0.25) is 11.8 Å². The number of para-hydroxylation sites is 1. The van der Waals surface area contributed by atoms with E-state index in [1.54, 1.807) is 31.1 Å². The van der Waals surface area contributed by atoms with Crippen LogP contribution in [0.1, 0.15) is 24.5 Å². The van der Waals surface area contributed by atoms with E-state index in [4.69, 9.17) is 9.47 Å². The molecule has 1 saturated heterocycles. The van der Waals surface area contributed by atoms with E-state index >= 15 is 0 Å². The maximum atomic E-state index is 13.0. The summed E-state index contributed by atoms with van der Waals surface area (Å²) in [5, 5.41) is 0. The van der Waals surface area contributed by atoms with Gasteiger partial charge in [-0.25, -0.2) is 0 Å². The predicted molar refractivity (Wildman–Crippen MR) is 117 cm³/mol. The summed E-state index contributed by atoms with van der Waals surface area (Å²) in [6.45, 7) is 3.09. The van der Waals surface area contributed by atoms with Crippen LogP contribution in [-0.4, -0.2) is 51.1 Å². The number of benzene rings is 2. The summed E-state index contributed by atoms with van der Waals surface area (Å²) in [4.78, 5) is 29.1. The SMILES string of the molecule is CCc1ccccc1N1CC(C(=O)N(C)CCc2ccc(OC)c(OC)c2)CC1=O. The second kappa shape index (κ2) is 9.65. The van der Waals surface area contributed by atoms with Crippen LogP contribution < -0.4 is 14.4 Å². The van der Waals surface area contributed by atoms with E-state index in [1.807, 2.05) is 42.5 Å². The third-order valence-corrected chi connectivity index (χ3v) is 5.70. The molecule has 1 unspecified atom stereocenters. The van der Waals surface area contributed by atoms with E-state index in [9.17, 15) is 9.59 Å². The van der Waals surface area contributed by atoms with Gasteiger partial charge >= 0.3 is 0 Å². The number of aryl methyl sites for hydroxylation is 1. The molecule has 1 aliphatic heterocycles. The second-order valence-corrected chi connectivity index (χ2v) is 7.59. The predicted octanol–water partition coefficient (Wildman–Crippen LogP) is 3.32.